The molecule has 39 heavy (non-hydrogen) atoms. The Balaban J connectivity index is 2.11. The normalized spacial score (nSPS) is 11.8. The average molecular weight is 593 g/mol. The molecule has 0 aliphatic rings. The molecule has 202 valence electrons. The Kier molecular flexibility index (Phi) is 10.3. The number of hydrogen-bond acceptors (Lipinski definition) is 8. The Bertz CT molecular complexity index is 1510. The van der Waals surface area contributed by atoms with Crippen LogP contribution < -0.4 is 0 Å². The third-order valence-electron chi connectivity index (χ3n) is 5.91. The Morgan fingerprint density at radius 2 is 1.69 bits per heavy atom. The van der Waals surface area contributed by atoms with Gasteiger partial charge in [-0.3, -0.25) is 4.79 Å². The second kappa shape index (κ2) is 13.6. The van der Waals surface area contributed by atoms with Gasteiger partial charge in [-0.05, 0) is 72.1 Å². The van der Waals surface area contributed by atoms with Gasteiger partial charge >= 0.3 is 11.9 Å². The predicted octanol–water partition coefficient (Wildman–Crippen LogP) is 6.62. The van der Waals surface area contributed by atoms with E-state index in [0.29, 0.717) is 27.7 Å². The summed E-state index contributed by atoms with van der Waals surface area (Å²) < 4.78 is 2.56. The molecule has 1 aromatic heterocycles. The van der Waals surface area contributed by atoms with Crippen LogP contribution in [0.5, 0.6) is 0 Å². The van der Waals surface area contributed by atoms with Gasteiger partial charge in [-0.25, -0.2) is 9.59 Å². The fourth-order valence-corrected chi connectivity index (χ4v) is 4.59. The number of unbranched alkanes of at least 4 members (excludes halogenated alkanes) is 3. The monoisotopic (exact) mass is 592 g/mol. The van der Waals surface area contributed by atoms with Crippen LogP contribution in [0.4, 0.5) is 0 Å². The van der Waals surface area contributed by atoms with Crippen LogP contribution in [0.25, 0.3) is 16.6 Å². The number of rotatable bonds is 11. The molecular weight excluding hydrogens is 564 g/mol. The van der Waals surface area contributed by atoms with Crippen LogP contribution in [0.15, 0.2) is 57.4 Å². The van der Waals surface area contributed by atoms with Crippen molar-refractivity contribution in [1.82, 2.24) is 4.57 Å². The van der Waals surface area contributed by atoms with Crippen molar-refractivity contribution < 1.29 is 24.1 Å². The molecule has 0 aliphatic carbocycles. The Morgan fingerprint density at radius 3 is 2.33 bits per heavy atom. The van der Waals surface area contributed by atoms with Crippen molar-refractivity contribution in [3.05, 3.63) is 63.8 Å². The molecule has 0 saturated carbocycles. The Hall–Kier alpha value is -4.10. The van der Waals surface area contributed by atoms with E-state index >= 15 is 0 Å². The van der Waals surface area contributed by atoms with E-state index in [9.17, 15) is 19.6 Å². The summed E-state index contributed by atoms with van der Waals surface area (Å²) in [5.74, 6) is -1.52. The lowest BCUT2D eigenvalue weighted by Crippen LogP contribution is -2.12. The fraction of sp³-hybridized carbons (Fsp3) is 0.310. The van der Waals surface area contributed by atoms with Crippen LogP contribution >= 0.6 is 15.9 Å². The molecule has 0 aliphatic heterocycles. The lowest BCUT2D eigenvalue weighted by molar-refractivity contribution is -0.141. The van der Waals surface area contributed by atoms with Crippen LogP contribution in [0.2, 0.25) is 0 Å². The van der Waals surface area contributed by atoms with Gasteiger partial charge in [0.05, 0.1) is 28.5 Å². The number of carbonyl (C=O) groups excluding carboxylic acids is 3. The minimum absolute atomic E-state index is 0.0389. The molecule has 3 aromatic rings. The SMILES string of the molecule is CCCCCC/C(=N\OC(C)=O)c1cn(-c2ccc(C(=O)/C(C)=N\OC(C)=O)cc2Br)c2ccc(C#N)cc12. The van der Waals surface area contributed by atoms with Crippen LogP contribution in [-0.2, 0) is 19.3 Å². The molecule has 2 aromatic carbocycles. The van der Waals surface area contributed by atoms with E-state index < -0.39 is 11.9 Å². The van der Waals surface area contributed by atoms with Crippen LogP contribution in [0, 0.1) is 11.3 Å². The number of carbonyl (C=O) groups is 3. The molecule has 0 saturated heterocycles. The smallest absolute Gasteiger partial charge is 0.318 e. The first-order chi connectivity index (χ1) is 18.7. The number of nitrogens with zero attached hydrogens (tertiary/aromatic N) is 4. The van der Waals surface area contributed by atoms with Gasteiger partial charge in [0.25, 0.3) is 0 Å². The molecule has 0 N–H and O–H groups in total. The highest BCUT2D eigenvalue weighted by molar-refractivity contribution is 9.10. The van der Waals surface area contributed by atoms with Crippen LogP contribution in [0.1, 0.15) is 81.3 Å². The highest BCUT2D eigenvalue weighted by Gasteiger charge is 2.19. The van der Waals surface area contributed by atoms with Gasteiger partial charge in [0, 0.05) is 41.0 Å². The first-order valence-electron chi connectivity index (χ1n) is 12.5. The maximum absolute atomic E-state index is 12.8. The summed E-state index contributed by atoms with van der Waals surface area (Å²) in [6.07, 6.45) is 6.54. The van der Waals surface area contributed by atoms with E-state index in [2.05, 4.69) is 44.1 Å². The highest BCUT2D eigenvalue weighted by atomic mass is 79.9. The van der Waals surface area contributed by atoms with Gasteiger partial charge in [0.15, 0.2) is 0 Å². The molecule has 0 radical (unpaired) electrons. The molecule has 0 fully saturated rings. The molecular formula is C29H29BrN4O5. The largest absolute Gasteiger partial charge is 0.331 e. The number of oxime groups is 2. The summed E-state index contributed by atoms with van der Waals surface area (Å²) in [7, 11) is 0. The second-order valence-corrected chi connectivity index (χ2v) is 9.80. The number of fused-ring (bicyclic) bond motifs is 1. The quantitative estimate of drug-likeness (QED) is 0.0809. The van der Waals surface area contributed by atoms with E-state index in [4.69, 9.17) is 4.84 Å². The molecule has 10 heteroatoms. The predicted molar refractivity (Wildman–Crippen MR) is 152 cm³/mol. The Labute approximate surface area is 235 Å². The Morgan fingerprint density at radius 1 is 0.974 bits per heavy atom. The number of nitriles is 1. The molecule has 0 unspecified atom stereocenters. The zero-order valence-electron chi connectivity index (χ0n) is 22.3. The van der Waals surface area contributed by atoms with Crippen molar-refractivity contribution in [2.24, 2.45) is 10.3 Å². The first-order valence-corrected chi connectivity index (χ1v) is 13.3. The highest BCUT2D eigenvalue weighted by Crippen LogP contribution is 2.32. The number of halogens is 1. The summed E-state index contributed by atoms with van der Waals surface area (Å²) >= 11 is 3.58. The molecule has 0 amide bonds. The molecule has 0 bridgehead atoms. The fourth-order valence-electron chi connectivity index (χ4n) is 4.02. The van der Waals surface area contributed by atoms with Gasteiger partial charge in [0.1, 0.15) is 5.71 Å². The maximum atomic E-state index is 12.8. The van der Waals surface area contributed by atoms with Gasteiger partial charge in [-0.1, -0.05) is 36.5 Å². The van der Waals surface area contributed by atoms with Crippen molar-refractivity contribution in [3.63, 3.8) is 0 Å². The lowest BCUT2D eigenvalue weighted by Gasteiger charge is -2.10. The van der Waals surface area contributed by atoms with E-state index in [1.165, 1.54) is 20.8 Å². The van der Waals surface area contributed by atoms with Gasteiger partial charge < -0.3 is 14.2 Å². The summed E-state index contributed by atoms with van der Waals surface area (Å²) in [6, 6.07) is 12.6. The maximum Gasteiger partial charge on any atom is 0.331 e. The van der Waals surface area contributed by atoms with Gasteiger partial charge in [-0.2, -0.15) is 5.26 Å². The first kappa shape index (κ1) is 29.5. The number of ketones is 1. The zero-order chi connectivity index (χ0) is 28.5. The van der Waals surface area contributed by atoms with E-state index in [-0.39, 0.29) is 11.5 Å². The van der Waals surface area contributed by atoms with Crippen molar-refractivity contribution in [2.75, 3.05) is 0 Å². The van der Waals surface area contributed by atoms with Crippen molar-refractivity contribution >= 4 is 56.0 Å². The third-order valence-corrected chi connectivity index (χ3v) is 6.54. The number of aromatic nitrogens is 1. The van der Waals surface area contributed by atoms with E-state index in [1.54, 1.807) is 30.3 Å². The molecule has 9 nitrogen and oxygen atoms in total. The minimum atomic E-state index is -0.615. The van der Waals surface area contributed by atoms with E-state index in [1.807, 2.05) is 16.8 Å². The molecule has 0 atom stereocenters. The number of Topliss-reactive ketones (excluding diaryl/α,β-unsaturated/α-hetero) is 1. The minimum Gasteiger partial charge on any atom is -0.318 e. The van der Waals surface area contributed by atoms with Crippen molar-refractivity contribution in [2.45, 2.75) is 59.8 Å². The lowest BCUT2D eigenvalue weighted by atomic mass is 10.0. The van der Waals surface area contributed by atoms with Crippen LogP contribution in [-0.4, -0.2) is 33.7 Å². The molecule has 1 heterocycles. The van der Waals surface area contributed by atoms with Crippen LogP contribution in [0.3, 0.4) is 0 Å². The zero-order valence-corrected chi connectivity index (χ0v) is 23.9. The molecule has 0 spiro atoms. The number of hydrogen-bond donors (Lipinski definition) is 0. The summed E-state index contributed by atoms with van der Waals surface area (Å²) in [5, 5.41) is 18.1. The van der Waals surface area contributed by atoms with Gasteiger partial charge in [-0.15, -0.1) is 0 Å². The molecule has 3 rings (SSSR count). The van der Waals surface area contributed by atoms with E-state index in [0.717, 1.165) is 47.8 Å². The summed E-state index contributed by atoms with van der Waals surface area (Å²) in [5.41, 5.74) is 3.78. The van der Waals surface area contributed by atoms with Gasteiger partial charge in [0.2, 0.25) is 5.78 Å². The van der Waals surface area contributed by atoms with Crippen molar-refractivity contribution in [1.29, 1.82) is 5.26 Å². The standard InChI is InChI=1S/C29H29BrN4O5/c1-5-6-7-8-9-26(33-39-20(4)36)24-17-34(27-12-10-21(16-31)14-23(24)27)28-13-11-22(15-25(28)30)29(37)18(2)32-38-19(3)35/h10-15,17H,5-9H2,1-4H3/b32-18-,33-26+. The van der Waals surface area contributed by atoms with Crippen molar-refractivity contribution in [3.8, 4) is 11.8 Å². The second-order valence-electron chi connectivity index (χ2n) is 8.94. The topological polar surface area (TPSA) is 123 Å². The number of benzene rings is 2. The summed E-state index contributed by atoms with van der Waals surface area (Å²) in [6.45, 7) is 6.11. The average Bonchev–Trinajstić information content (AvgIpc) is 3.28. The third kappa shape index (κ3) is 7.48. The summed E-state index contributed by atoms with van der Waals surface area (Å²) in [4.78, 5) is 45.0.